The Morgan fingerprint density at radius 1 is 1.36 bits per heavy atom. The van der Waals surface area contributed by atoms with E-state index >= 15 is 0 Å². The van der Waals surface area contributed by atoms with Gasteiger partial charge in [0.05, 0.1) is 5.56 Å². The Bertz CT molecular complexity index is 564. The van der Waals surface area contributed by atoms with E-state index in [0.29, 0.717) is 10.4 Å². The van der Waals surface area contributed by atoms with Crippen LogP contribution in [0.1, 0.15) is 43.0 Å². The van der Waals surface area contributed by atoms with Crippen LogP contribution < -0.4 is 5.32 Å². The third-order valence-corrected chi connectivity index (χ3v) is 4.60. The Kier molecular flexibility index (Phi) is 5.94. The van der Waals surface area contributed by atoms with Crippen LogP contribution in [0.15, 0.2) is 22.7 Å². The van der Waals surface area contributed by atoms with Crippen LogP contribution in [0.4, 0.5) is 4.39 Å². The van der Waals surface area contributed by atoms with Crippen molar-refractivity contribution in [1.29, 1.82) is 0 Å². The fourth-order valence-electron chi connectivity index (χ4n) is 2.64. The molecule has 22 heavy (non-hydrogen) atoms. The molecule has 0 bridgehead atoms. The topological polar surface area (TPSA) is 55.4 Å². The molecule has 0 aliphatic heterocycles. The minimum Gasteiger partial charge on any atom is -0.452 e. The van der Waals surface area contributed by atoms with E-state index in [1.54, 1.807) is 0 Å². The molecule has 1 amide bonds. The van der Waals surface area contributed by atoms with E-state index in [1.165, 1.54) is 24.6 Å². The Morgan fingerprint density at radius 3 is 2.77 bits per heavy atom. The molecule has 2 atom stereocenters. The predicted octanol–water partition coefficient (Wildman–Crippen LogP) is 3.44. The lowest BCUT2D eigenvalue weighted by Crippen LogP contribution is -2.42. The number of hydrogen-bond acceptors (Lipinski definition) is 3. The average Bonchev–Trinajstić information content (AvgIpc) is 2.47. The van der Waals surface area contributed by atoms with Crippen molar-refractivity contribution in [2.75, 3.05) is 6.61 Å². The van der Waals surface area contributed by atoms with Gasteiger partial charge in [-0.05, 0) is 52.9 Å². The zero-order valence-electron chi connectivity index (χ0n) is 12.4. The molecule has 1 aromatic carbocycles. The quantitative estimate of drug-likeness (QED) is 0.824. The molecule has 120 valence electrons. The molecule has 0 aromatic heterocycles. The van der Waals surface area contributed by atoms with Gasteiger partial charge in [-0.1, -0.05) is 19.8 Å². The van der Waals surface area contributed by atoms with E-state index in [-0.39, 0.29) is 24.1 Å². The van der Waals surface area contributed by atoms with Crippen LogP contribution in [0.3, 0.4) is 0 Å². The first kappa shape index (κ1) is 16.9. The monoisotopic (exact) mass is 371 g/mol. The van der Waals surface area contributed by atoms with Gasteiger partial charge >= 0.3 is 5.97 Å². The van der Waals surface area contributed by atoms with Gasteiger partial charge in [0.1, 0.15) is 5.82 Å². The third kappa shape index (κ3) is 4.53. The largest absolute Gasteiger partial charge is 0.452 e. The van der Waals surface area contributed by atoms with Gasteiger partial charge in [0.25, 0.3) is 5.91 Å². The minimum atomic E-state index is -0.654. The first-order valence-corrected chi connectivity index (χ1v) is 8.18. The van der Waals surface area contributed by atoms with E-state index < -0.39 is 11.8 Å². The van der Waals surface area contributed by atoms with E-state index in [1.807, 2.05) is 0 Å². The van der Waals surface area contributed by atoms with Crippen LogP contribution in [0.2, 0.25) is 0 Å². The fourth-order valence-corrected chi connectivity index (χ4v) is 3.16. The van der Waals surface area contributed by atoms with E-state index in [2.05, 4.69) is 28.2 Å². The normalized spacial score (nSPS) is 21.2. The lowest BCUT2D eigenvalue weighted by atomic mass is 9.86. The highest BCUT2D eigenvalue weighted by Crippen LogP contribution is 2.23. The molecule has 0 radical (unpaired) electrons. The molecule has 0 unspecified atom stereocenters. The summed E-state index contributed by atoms with van der Waals surface area (Å²) in [5.74, 6) is -0.962. The maximum absolute atomic E-state index is 13.0. The molecule has 1 saturated carbocycles. The van der Waals surface area contributed by atoms with Gasteiger partial charge in [-0.25, -0.2) is 9.18 Å². The Hall–Kier alpha value is -1.43. The van der Waals surface area contributed by atoms with Crippen LogP contribution in [0, 0.1) is 11.7 Å². The van der Waals surface area contributed by atoms with Crippen molar-refractivity contribution < 1.29 is 18.7 Å². The number of carbonyl (C=O) groups excluding carboxylic acids is 2. The summed E-state index contributed by atoms with van der Waals surface area (Å²) in [6.45, 7) is 1.79. The summed E-state index contributed by atoms with van der Waals surface area (Å²) < 4.78 is 18.3. The molecule has 0 saturated heterocycles. The molecule has 1 fully saturated rings. The number of nitrogens with one attached hydrogen (secondary N) is 1. The molecule has 1 aromatic rings. The van der Waals surface area contributed by atoms with Crippen LogP contribution in [-0.4, -0.2) is 24.5 Å². The third-order valence-electron chi connectivity index (χ3n) is 3.94. The number of halogens is 2. The molecular weight excluding hydrogens is 353 g/mol. The highest BCUT2D eigenvalue weighted by molar-refractivity contribution is 9.10. The highest BCUT2D eigenvalue weighted by atomic mass is 79.9. The van der Waals surface area contributed by atoms with Gasteiger partial charge in [0.2, 0.25) is 0 Å². The van der Waals surface area contributed by atoms with Crippen molar-refractivity contribution in [3.8, 4) is 0 Å². The minimum absolute atomic E-state index is 0.150. The SMILES string of the molecule is C[C@@H]1CCCC[C@H]1NC(=O)COC(=O)c1ccc(F)cc1Br. The molecule has 6 heteroatoms. The second-order valence-corrected chi connectivity index (χ2v) is 6.49. The molecular formula is C16H19BrFNO3. The van der Waals surface area contributed by atoms with Crippen molar-refractivity contribution >= 4 is 27.8 Å². The first-order chi connectivity index (χ1) is 10.5. The van der Waals surface area contributed by atoms with Gasteiger partial charge in [0.15, 0.2) is 6.61 Å². The molecule has 1 aliphatic rings. The van der Waals surface area contributed by atoms with Crippen molar-refractivity contribution in [2.24, 2.45) is 5.92 Å². The van der Waals surface area contributed by atoms with Gasteiger partial charge < -0.3 is 10.1 Å². The van der Waals surface area contributed by atoms with Crippen molar-refractivity contribution in [3.63, 3.8) is 0 Å². The summed E-state index contributed by atoms with van der Waals surface area (Å²) in [5.41, 5.74) is 0.195. The summed E-state index contributed by atoms with van der Waals surface area (Å²) >= 11 is 3.10. The maximum atomic E-state index is 13.0. The first-order valence-electron chi connectivity index (χ1n) is 7.39. The van der Waals surface area contributed by atoms with Crippen LogP contribution in [-0.2, 0) is 9.53 Å². The lowest BCUT2D eigenvalue weighted by Gasteiger charge is -2.29. The van der Waals surface area contributed by atoms with Crippen molar-refractivity contribution in [1.82, 2.24) is 5.32 Å². The lowest BCUT2D eigenvalue weighted by molar-refractivity contribution is -0.125. The summed E-state index contributed by atoms with van der Waals surface area (Å²) in [5, 5.41) is 2.91. The molecule has 0 heterocycles. The van der Waals surface area contributed by atoms with E-state index in [0.717, 1.165) is 19.3 Å². The summed E-state index contributed by atoms with van der Waals surface area (Å²) in [6, 6.07) is 3.83. The van der Waals surface area contributed by atoms with Crippen molar-refractivity contribution in [3.05, 3.63) is 34.1 Å². The van der Waals surface area contributed by atoms with E-state index in [4.69, 9.17) is 4.74 Å². The Morgan fingerprint density at radius 2 is 2.09 bits per heavy atom. The van der Waals surface area contributed by atoms with Gasteiger partial charge in [-0.15, -0.1) is 0 Å². The van der Waals surface area contributed by atoms with Gasteiger partial charge in [-0.3, -0.25) is 4.79 Å². The average molecular weight is 372 g/mol. The number of carbonyl (C=O) groups is 2. The van der Waals surface area contributed by atoms with Gasteiger partial charge in [-0.2, -0.15) is 0 Å². The molecule has 2 rings (SSSR count). The zero-order valence-corrected chi connectivity index (χ0v) is 14.0. The fraction of sp³-hybridized carbons (Fsp3) is 0.500. The number of hydrogen-bond donors (Lipinski definition) is 1. The highest BCUT2D eigenvalue weighted by Gasteiger charge is 2.23. The van der Waals surface area contributed by atoms with Gasteiger partial charge in [0, 0.05) is 10.5 Å². The van der Waals surface area contributed by atoms with Crippen LogP contribution in [0.25, 0.3) is 0 Å². The molecule has 4 nitrogen and oxygen atoms in total. The Balaban J connectivity index is 1.84. The molecule has 0 spiro atoms. The van der Waals surface area contributed by atoms with Crippen LogP contribution >= 0.6 is 15.9 Å². The second kappa shape index (κ2) is 7.72. The predicted molar refractivity (Wildman–Crippen MR) is 83.9 cm³/mol. The van der Waals surface area contributed by atoms with E-state index in [9.17, 15) is 14.0 Å². The number of benzene rings is 1. The van der Waals surface area contributed by atoms with Crippen molar-refractivity contribution in [2.45, 2.75) is 38.6 Å². The number of ether oxygens (including phenoxy) is 1. The maximum Gasteiger partial charge on any atom is 0.339 e. The zero-order chi connectivity index (χ0) is 16.1. The second-order valence-electron chi connectivity index (χ2n) is 5.64. The number of amides is 1. The summed E-state index contributed by atoms with van der Waals surface area (Å²) in [6.07, 6.45) is 4.37. The smallest absolute Gasteiger partial charge is 0.339 e. The standard InChI is InChI=1S/C16H19BrFNO3/c1-10-4-2-3-5-14(10)19-15(20)9-22-16(21)12-7-6-11(18)8-13(12)17/h6-8,10,14H,2-5,9H2,1H3,(H,19,20)/t10-,14-/m1/s1. The van der Waals surface area contributed by atoms with Crippen LogP contribution in [0.5, 0.6) is 0 Å². The molecule has 1 aliphatic carbocycles. The molecule has 1 N–H and O–H groups in total. The number of esters is 1. The summed E-state index contributed by atoms with van der Waals surface area (Å²) in [4.78, 5) is 23.8. The number of rotatable bonds is 4. The summed E-state index contributed by atoms with van der Waals surface area (Å²) in [7, 11) is 0. The Labute approximate surface area is 137 Å².